The molecule has 3 rings (SSSR count). The molecule has 0 aromatic heterocycles. The first-order valence-corrected chi connectivity index (χ1v) is 22.0. The van der Waals surface area contributed by atoms with Crippen molar-refractivity contribution in [2.75, 3.05) is 47.1 Å². The van der Waals surface area contributed by atoms with Gasteiger partial charge in [-0.15, -0.1) is 0 Å². The maximum absolute atomic E-state index is 14.6. The largest absolute Gasteiger partial charge is 0.399 e. The van der Waals surface area contributed by atoms with Crippen LogP contribution in [0.3, 0.4) is 0 Å². The highest BCUT2D eigenvalue weighted by Gasteiger charge is 2.43. The Morgan fingerprint density at radius 2 is 1.59 bits per heavy atom. The van der Waals surface area contributed by atoms with E-state index < -0.39 is 48.4 Å². The van der Waals surface area contributed by atoms with Gasteiger partial charge in [0.25, 0.3) is 0 Å². The minimum absolute atomic E-state index is 0.00946. The van der Waals surface area contributed by atoms with Crippen LogP contribution in [0.1, 0.15) is 98.3 Å². The first-order chi connectivity index (χ1) is 28.8. The van der Waals surface area contributed by atoms with E-state index in [2.05, 4.69) is 10.6 Å². The normalized spacial score (nSPS) is 18.8. The van der Waals surface area contributed by atoms with Crippen LogP contribution < -0.4 is 16.4 Å². The summed E-state index contributed by atoms with van der Waals surface area (Å²) < 4.78 is 26.6. The SMILES string of the molecule is CC[C@H](C)[C@@H]([C@@H](CC(=O)N1CCC[C@H]1[C@H](OC)[C@@H](C)C(=O)N[C@H](C)[C@@H](O)c1ccccc1)OC)N(C)C(=O)[C@@H](NC(=O)[C@H](C(C)C)N(C)CCc1ccc(N)cc1F)C(C)C. The van der Waals surface area contributed by atoms with Crippen molar-refractivity contribution in [2.24, 2.45) is 23.7 Å². The number of nitrogens with one attached hydrogen (secondary N) is 2. The number of benzene rings is 2. The number of hydrogen-bond donors (Lipinski definition) is 4. The molecule has 1 aliphatic rings. The first kappa shape index (κ1) is 51.2. The molecule has 0 unspecified atom stereocenters. The van der Waals surface area contributed by atoms with E-state index in [1.807, 2.05) is 83.8 Å². The second-order valence-corrected chi connectivity index (χ2v) is 17.7. The molecule has 5 N–H and O–H groups in total. The molecule has 1 fully saturated rings. The van der Waals surface area contributed by atoms with Gasteiger partial charge in [0.2, 0.25) is 23.6 Å². The molecule has 2 aromatic rings. The summed E-state index contributed by atoms with van der Waals surface area (Å²) in [5.41, 5.74) is 7.28. The number of carbonyl (C=O) groups is 4. The highest BCUT2D eigenvalue weighted by Crippen LogP contribution is 2.30. The molecule has 0 radical (unpaired) electrons. The minimum atomic E-state index is -0.896. The smallest absolute Gasteiger partial charge is 0.245 e. The Morgan fingerprint density at radius 1 is 0.934 bits per heavy atom. The molecule has 61 heavy (non-hydrogen) atoms. The Balaban J connectivity index is 1.76. The van der Waals surface area contributed by atoms with E-state index >= 15 is 0 Å². The third kappa shape index (κ3) is 13.4. The van der Waals surface area contributed by atoms with Crippen molar-refractivity contribution in [1.29, 1.82) is 0 Å². The first-order valence-electron chi connectivity index (χ1n) is 22.0. The van der Waals surface area contributed by atoms with Crippen LogP contribution in [-0.2, 0) is 35.1 Å². The molecule has 0 saturated carbocycles. The summed E-state index contributed by atoms with van der Waals surface area (Å²) in [6, 6.07) is 10.9. The van der Waals surface area contributed by atoms with Gasteiger partial charge < -0.3 is 40.7 Å². The predicted octanol–water partition coefficient (Wildman–Crippen LogP) is 5.21. The summed E-state index contributed by atoms with van der Waals surface area (Å²) in [5, 5.41) is 16.9. The number of anilines is 1. The van der Waals surface area contributed by atoms with Gasteiger partial charge in [0.15, 0.2) is 0 Å². The highest BCUT2D eigenvalue weighted by molar-refractivity contribution is 5.90. The van der Waals surface area contributed by atoms with Crippen molar-refractivity contribution in [3.63, 3.8) is 0 Å². The van der Waals surface area contributed by atoms with Crippen molar-refractivity contribution in [3.05, 3.63) is 65.5 Å². The second-order valence-electron chi connectivity index (χ2n) is 17.7. The number of likely N-dealkylation sites (tertiary alicyclic amines) is 1. The number of rotatable bonds is 23. The Labute approximate surface area is 364 Å². The summed E-state index contributed by atoms with van der Waals surface area (Å²) in [4.78, 5) is 61.7. The number of aliphatic hydroxyl groups is 1. The number of nitrogen functional groups attached to an aromatic ring is 1. The summed E-state index contributed by atoms with van der Waals surface area (Å²) in [6.07, 6.45) is 0.274. The molecule has 0 spiro atoms. The molecule has 0 aliphatic carbocycles. The Morgan fingerprint density at radius 3 is 2.15 bits per heavy atom. The fourth-order valence-electron chi connectivity index (χ4n) is 8.87. The van der Waals surface area contributed by atoms with Gasteiger partial charge in [-0.3, -0.25) is 24.1 Å². The number of nitrogens with two attached hydrogens (primary N) is 1. The Bertz CT molecular complexity index is 1720. The van der Waals surface area contributed by atoms with E-state index in [9.17, 15) is 28.7 Å². The third-order valence-electron chi connectivity index (χ3n) is 12.7. The van der Waals surface area contributed by atoms with E-state index in [1.54, 1.807) is 57.0 Å². The number of hydrogen-bond acceptors (Lipinski definition) is 9. The molecule has 1 aliphatic heterocycles. The van der Waals surface area contributed by atoms with Gasteiger partial charge in [0, 0.05) is 40.0 Å². The lowest BCUT2D eigenvalue weighted by atomic mass is 9.89. The summed E-state index contributed by atoms with van der Waals surface area (Å²) in [6.45, 7) is 16.1. The average Bonchev–Trinajstić information content (AvgIpc) is 3.71. The number of nitrogens with zero attached hydrogens (tertiary/aromatic N) is 3. The van der Waals surface area contributed by atoms with Crippen molar-refractivity contribution in [2.45, 2.75) is 136 Å². The second kappa shape index (κ2) is 23.9. The van der Waals surface area contributed by atoms with Gasteiger partial charge in [-0.25, -0.2) is 4.39 Å². The number of amides is 4. The van der Waals surface area contributed by atoms with Gasteiger partial charge >= 0.3 is 0 Å². The molecule has 4 amide bonds. The standard InChI is InChI=1S/C47H75FN6O7/c1-13-30(6)42(53(10)47(59)40(28(2)3)51-46(58)41(29(4)5)52(9)25-23-33-21-22-35(49)26-36(33)48)38(60-11)27-39(55)54-24-17-20-37(54)44(61-12)31(7)45(57)50-32(8)43(56)34-18-15-14-16-19-34/h14-16,18-19,21-22,26,28-32,37-38,40-44,56H,13,17,20,23-25,27,49H2,1-12H3,(H,50,57)(H,51,58)/t30-,31+,32+,37-,38+,40-,41-,42-,43+,44+/m0/s1. The Kier molecular flexibility index (Phi) is 20.1. The van der Waals surface area contributed by atoms with Gasteiger partial charge in [-0.2, -0.15) is 0 Å². The van der Waals surface area contributed by atoms with Crippen LogP contribution in [0.25, 0.3) is 0 Å². The topological polar surface area (TPSA) is 167 Å². The van der Waals surface area contributed by atoms with Crippen LogP contribution in [0.5, 0.6) is 0 Å². The van der Waals surface area contributed by atoms with Crippen LogP contribution in [0, 0.1) is 29.5 Å². The Hall–Kier alpha value is -4.11. The van der Waals surface area contributed by atoms with Gasteiger partial charge in [0.1, 0.15) is 11.9 Å². The molecule has 342 valence electrons. The van der Waals surface area contributed by atoms with Crippen molar-refractivity contribution in [1.82, 2.24) is 25.3 Å². The quantitative estimate of drug-likeness (QED) is 0.110. The van der Waals surface area contributed by atoms with E-state index in [0.717, 1.165) is 6.42 Å². The molecule has 14 heteroatoms. The third-order valence-corrected chi connectivity index (χ3v) is 12.7. The summed E-state index contributed by atoms with van der Waals surface area (Å²) in [7, 11) is 6.62. The van der Waals surface area contributed by atoms with Crippen molar-refractivity contribution < 1.29 is 38.1 Å². The van der Waals surface area contributed by atoms with Crippen molar-refractivity contribution in [3.8, 4) is 0 Å². The lowest BCUT2D eigenvalue weighted by Gasteiger charge is -2.41. The molecule has 13 nitrogen and oxygen atoms in total. The van der Waals surface area contributed by atoms with E-state index in [-0.39, 0.29) is 59.7 Å². The zero-order chi connectivity index (χ0) is 45.7. The molecule has 1 saturated heterocycles. The molecule has 2 aromatic carbocycles. The number of ether oxygens (including phenoxy) is 2. The van der Waals surface area contributed by atoms with Crippen LogP contribution in [-0.4, -0.2) is 127 Å². The van der Waals surface area contributed by atoms with E-state index in [4.69, 9.17) is 15.2 Å². The lowest BCUT2D eigenvalue weighted by molar-refractivity contribution is -0.148. The van der Waals surface area contributed by atoms with Crippen LogP contribution in [0.2, 0.25) is 0 Å². The van der Waals surface area contributed by atoms with Crippen LogP contribution in [0.15, 0.2) is 48.5 Å². The zero-order valence-corrected chi connectivity index (χ0v) is 38.7. The molecule has 10 atom stereocenters. The monoisotopic (exact) mass is 855 g/mol. The summed E-state index contributed by atoms with van der Waals surface area (Å²) in [5.74, 6) is -2.51. The maximum Gasteiger partial charge on any atom is 0.245 e. The molecular formula is C47H75FN6O7. The van der Waals surface area contributed by atoms with Gasteiger partial charge in [-0.05, 0) is 74.2 Å². The predicted molar refractivity (Wildman–Crippen MR) is 238 cm³/mol. The molecule has 1 heterocycles. The van der Waals surface area contributed by atoms with E-state index in [0.29, 0.717) is 49.2 Å². The average molecular weight is 855 g/mol. The minimum Gasteiger partial charge on any atom is -0.399 e. The number of halogens is 1. The molecule has 0 bridgehead atoms. The summed E-state index contributed by atoms with van der Waals surface area (Å²) >= 11 is 0. The fourth-order valence-corrected chi connectivity index (χ4v) is 8.87. The van der Waals surface area contributed by atoms with Gasteiger partial charge in [-0.1, -0.05) is 91.3 Å². The van der Waals surface area contributed by atoms with Crippen LogP contribution in [0.4, 0.5) is 10.1 Å². The number of methoxy groups -OCH3 is 2. The van der Waals surface area contributed by atoms with Crippen LogP contribution >= 0.6 is 0 Å². The number of likely N-dealkylation sites (N-methyl/N-ethyl adjacent to an activating group) is 2. The van der Waals surface area contributed by atoms with Gasteiger partial charge in [0.05, 0.1) is 54.8 Å². The number of carbonyl (C=O) groups excluding carboxylic acids is 4. The molecular weight excluding hydrogens is 780 g/mol. The van der Waals surface area contributed by atoms with E-state index in [1.165, 1.54) is 6.07 Å². The highest BCUT2D eigenvalue weighted by atomic mass is 19.1. The zero-order valence-electron chi connectivity index (χ0n) is 38.7. The van der Waals surface area contributed by atoms with Crippen molar-refractivity contribution >= 4 is 29.3 Å². The fraction of sp³-hybridized carbons (Fsp3) is 0.660. The maximum atomic E-state index is 14.6. The lowest BCUT2D eigenvalue weighted by Crippen LogP contribution is -2.60. The number of aliphatic hydroxyl groups excluding tert-OH is 1.